The largest absolute Gasteiger partial charge is 0.461 e. The van der Waals surface area contributed by atoms with Crippen LogP contribution in [0.3, 0.4) is 0 Å². The van der Waals surface area contributed by atoms with Crippen LogP contribution < -0.4 is 4.72 Å². The highest BCUT2D eigenvalue weighted by molar-refractivity contribution is 7.89. The third-order valence-corrected chi connectivity index (χ3v) is 6.58. The molecule has 0 unspecified atom stereocenters. The topological polar surface area (TPSA) is 102 Å². The van der Waals surface area contributed by atoms with Gasteiger partial charge in [0.15, 0.2) is 11.4 Å². The van der Waals surface area contributed by atoms with Crippen molar-refractivity contribution in [3.63, 3.8) is 0 Å². The smallest absolute Gasteiger partial charge is 0.240 e. The van der Waals surface area contributed by atoms with Gasteiger partial charge in [-0.15, -0.1) is 10.2 Å². The summed E-state index contributed by atoms with van der Waals surface area (Å²) in [6.07, 6.45) is 1.56. The first-order chi connectivity index (χ1) is 14.5. The van der Waals surface area contributed by atoms with Gasteiger partial charge in [0.2, 0.25) is 15.8 Å². The summed E-state index contributed by atoms with van der Waals surface area (Å²) < 4.78 is 34.5. The van der Waals surface area contributed by atoms with Crippen molar-refractivity contribution in [2.24, 2.45) is 0 Å². The number of aryl methyl sites for hydroxylation is 1. The van der Waals surface area contributed by atoms with Crippen molar-refractivity contribution in [2.45, 2.75) is 11.8 Å². The van der Waals surface area contributed by atoms with Gasteiger partial charge in [-0.05, 0) is 37.7 Å². The molecule has 5 rings (SSSR count). The molecule has 150 valence electrons. The van der Waals surface area contributed by atoms with Gasteiger partial charge in [-0.1, -0.05) is 36.4 Å². The molecule has 0 aliphatic heterocycles. The average Bonchev–Trinajstić information content (AvgIpc) is 3.43. The van der Waals surface area contributed by atoms with Gasteiger partial charge >= 0.3 is 0 Å². The van der Waals surface area contributed by atoms with Gasteiger partial charge in [0.25, 0.3) is 0 Å². The summed E-state index contributed by atoms with van der Waals surface area (Å²) in [6.45, 7) is 1.76. The molecule has 0 saturated carbocycles. The van der Waals surface area contributed by atoms with Crippen molar-refractivity contribution in [1.29, 1.82) is 0 Å². The molecule has 0 atom stereocenters. The van der Waals surface area contributed by atoms with Crippen molar-refractivity contribution in [3.8, 4) is 22.8 Å². The first-order valence-corrected chi connectivity index (χ1v) is 10.7. The highest BCUT2D eigenvalue weighted by Gasteiger charge is 2.20. The lowest BCUT2D eigenvalue weighted by Gasteiger charge is -2.11. The Morgan fingerprint density at radius 1 is 1.00 bits per heavy atom. The number of nitrogens with one attached hydrogen (secondary N) is 1. The minimum absolute atomic E-state index is 0.212. The number of benzene rings is 2. The van der Waals surface area contributed by atoms with Gasteiger partial charge in [0.05, 0.1) is 16.9 Å². The molecule has 30 heavy (non-hydrogen) atoms. The monoisotopic (exact) mass is 419 g/mol. The van der Waals surface area contributed by atoms with Gasteiger partial charge in [-0.2, -0.15) is 9.61 Å². The van der Waals surface area contributed by atoms with Crippen LogP contribution in [0, 0.1) is 6.92 Å². The highest BCUT2D eigenvalue weighted by Crippen LogP contribution is 2.32. The van der Waals surface area contributed by atoms with Crippen molar-refractivity contribution in [3.05, 3.63) is 66.4 Å². The second-order valence-electron chi connectivity index (χ2n) is 6.82. The lowest BCUT2D eigenvalue weighted by molar-refractivity contribution is 0.574. The van der Waals surface area contributed by atoms with E-state index in [-0.39, 0.29) is 4.90 Å². The van der Waals surface area contributed by atoms with E-state index in [4.69, 9.17) is 9.52 Å². The Kier molecular flexibility index (Phi) is 4.16. The molecular formula is C21H17N5O3S. The number of rotatable bonds is 4. The summed E-state index contributed by atoms with van der Waals surface area (Å²) in [5.41, 5.74) is 2.54. The SMILES string of the molecule is CNS(=O)(=O)c1cc(-c2nn3c(-c4ccco4)nnc3c3ccccc23)ccc1C. The molecule has 0 aliphatic rings. The van der Waals surface area contributed by atoms with E-state index in [9.17, 15) is 8.42 Å². The predicted octanol–water partition coefficient (Wildman–Crippen LogP) is 3.42. The molecule has 3 aromatic heterocycles. The molecule has 9 heteroatoms. The molecule has 0 aliphatic carbocycles. The third kappa shape index (κ3) is 2.78. The maximum Gasteiger partial charge on any atom is 0.240 e. The Balaban J connectivity index is 1.85. The molecule has 8 nitrogen and oxygen atoms in total. The van der Waals surface area contributed by atoms with Crippen LogP contribution in [-0.4, -0.2) is 35.3 Å². The Hall–Kier alpha value is -3.56. The molecule has 1 N–H and O–H groups in total. The number of fused-ring (bicyclic) bond motifs is 3. The fraction of sp³-hybridized carbons (Fsp3) is 0.0952. The lowest BCUT2D eigenvalue weighted by atomic mass is 10.0. The minimum Gasteiger partial charge on any atom is -0.461 e. The number of aromatic nitrogens is 4. The van der Waals surface area contributed by atoms with Crippen LogP contribution in [0.15, 0.2) is 70.2 Å². The number of sulfonamides is 1. The molecule has 0 bridgehead atoms. The van der Waals surface area contributed by atoms with Crippen LogP contribution in [0.5, 0.6) is 0 Å². The number of furan rings is 1. The second kappa shape index (κ2) is 6.75. The van der Waals surface area contributed by atoms with Gasteiger partial charge < -0.3 is 4.42 Å². The Morgan fingerprint density at radius 3 is 2.53 bits per heavy atom. The molecule has 0 spiro atoms. The summed E-state index contributed by atoms with van der Waals surface area (Å²) >= 11 is 0. The van der Waals surface area contributed by atoms with E-state index in [1.165, 1.54) is 7.05 Å². The summed E-state index contributed by atoms with van der Waals surface area (Å²) in [5, 5.41) is 15.0. The molecule has 5 aromatic rings. The maximum atomic E-state index is 12.5. The molecule has 0 saturated heterocycles. The van der Waals surface area contributed by atoms with Crippen molar-refractivity contribution >= 4 is 26.4 Å². The number of nitrogens with zero attached hydrogens (tertiary/aromatic N) is 4. The normalized spacial score (nSPS) is 12.1. The van der Waals surface area contributed by atoms with Crippen LogP contribution in [-0.2, 0) is 10.0 Å². The van der Waals surface area contributed by atoms with E-state index in [2.05, 4.69) is 14.9 Å². The van der Waals surface area contributed by atoms with E-state index in [1.807, 2.05) is 30.3 Å². The molecule has 0 radical (unpaired) electrons. The maximum absolute atomic E-state index is 12.5. The molecule has 0 fully saturated rings. The second-order valence-corrected chi connectivity index (χ2v) is 8.67. The predicted molar refractivity (Wildman–Crippen MR) is 112 cm³/mol. The Morgan fingerprint density at radius 2 is 1.80 bits per heavy atom. The highest BCUT2D eigenvalue weighted by atomic mass is 32.2. The number of hydrogen-bond donors (Lipinski definition) is 1. The summed E-state index contributed by atoms with van der Waals surface area (Å²) in [6, 6.07) is 16.5. The van der Waals surface area contributed by atoms with Crippen LogP contribution in [0.1, 0.15) is 5.56 Å². The zero-order valence-electron chi connectivity index (χ0n) is 16.2. The zero-order valence-corrected chi connectivity index (χ0v) is 17.0. The number of hydrogen-bond acceptors (Lipinski definition) is 6. The van der Waals surface area contributed by atoms with Crippen LogP contribution in [0.4, 0.5) is 0 Å². The fourth-order valence-electron chi connectivity index (χ4n) is 3.50. The fourth-order valence-corrected chi connectivity index (χ4v) is 4.49. The lowest BCUT2D eigenvalue weighted by Crippen LogP contribution is -2.19. The minimum atomic E-state index is -3.61. The van der Waals surface area contributed by atoms with Crippen molar-refractivity contribution in [2.75, 3.05) is 7.05 Å². The Bertz CT molecular complexity index is 1510. The van der Waals surface area contributed by atoms with E-state index in [1.54, 1.807) is 42.0 Å². The zero-order chi connectivity index (χ0) is 20.9. The van der Waals surface area contributed by atoms with Gasteiger partial charge in [-0.25, -0.2) is 13.1 Å². The van der Waals surface area contributed by atoms with E-state index in [0.29, 0.717) is 34.1 Å². The van der Waals surface area contributed by atoms with E-state index >= 15 is 0 Å². The van der Waals surface area contributed by atoms with Gasteiger partial charge in [0, 0.05) is 16.3 Å². The van der Waals surface area contributed by atoms with Gasteiger partial charge in [0.1, 0.15) is 0 Å². The van der Waals surface area contributed by atoms with Crippen molar-refractivity contribution in [1.82, 2.24) is 24.5 Å². The summed E-state index contributed by atoms with van der Waals surface area (Å²) in [4.78, 5) is 0.212. The quantitative estimate of drug-likeness (QED) is 0.479. The first kappa shape index (κ1) is 18.5. The van der Waals surface area contributed by atoms with Crippen LogP contribution >= 0.6 is 0 Å². The summed E-state index contributed by atoms with van der Waals surface area (Å²) in [5.74, 6) is 1.01. The molecular weight excluding hydrogens is 402 g/mol. The molecule has 0 amide bonds. The van der Waals surface area contributed by atoms with Gasteiger partial charge in [-0.3, -0.25) is 0 Å². The first-order valence-electron chi connectivity index (χ1n) is 9.22. The standard InChI is InChI=1S/C21H17N5O3S/c1-13-9-10-14(12-18(13)30(27,28)22-2)19-15-6-3-4-7-16(15)20-23-24-21(26(20)25-19)17-8-5-11-29-17/h3-12,22H,1-2H3. The van der Waals surface area contributed by atoms with Crippen LogP contribution in [0.25, 0.3) is 39.3 Å². The average molecular weight is 419 g/mol. The van der Waals surface area contributed by atoms with E-state index < -0.39 is 10.0 Å². The third-order valence-electron chi connectivity index (χ3n) is 5.03. The van der Waals surface area contributed by atoms with E-state index in [0.717, 1.165) is 10.8 Å². The Labute approximate surface area is 172 Å². The molecule has 3 heterocycles. The van der Waals surface area contributed by atoms with Crippen LogP contribution in [0.2, 0.25) is 0 Å². The van der Waals surface area contributed by atoms with Crippen molar-refractivity contribution < 1.29 is 12.8 Å². The molecule has 2 aromatic carbocycles. The summed E-state index contributed by atoms with van der Waals surface area (Å²) in [7, 11) is -2.22.